The van der Waals surface area contributed by atoms with Crippen LogP contribution in [0.4, 0.5) is 0 Å². The molecule has 0 saturated carbocycles. The van der Waals surface area contributed by atoms with Gasteiger partial charge in [-0.2, -0.15) is 0 Å². The third-order valence-electron chi connectivity index (χ3n) is 2.57. The van der Waals surface area contributed by atoms with Gasteiger partial charge >= 0.3 is 5.97 Å². The molecule has 0 aliphatic carbocycles. The number of carboxylic acids is 1. The fourth-order valence-electron chi connectivity index (χ4n) is 1.59. The predicted octanol–water partition coefficient (Wildman–Crippen LogP) is 0.890. The molecular formula is C11H19N3O2. The molecule has 1 rings (SSSR count). The smallest absolute Gasteiger partial charge is 0.320 e. The van der Waals surface area contributed by atoms with Crippen LogP contribution in [-0.2, 0) is 11.3 Å². The van der Waals surface area contributed by atoms with E-state index in [9.17, 15) is 4.79 Å². The Hall–Kier alpha value is -1.36. The lowest BCUT2D eigenvalue weighted by atomic mass is 10.1. The van der Waals surface area contributed by atoms with Crippen LogP contribution in [0.15, 0.2) is 12.4 Å². The number of nitrogens with zero attached hydrogens (tertiary/aromatic N) is 2. The highest BCUT2D eigenvalue weighted by Crippen LogP contribution is 2.01. The van der Waals surface area contributed by atoms with Gasteiger partial charge in [-0.25, -0.2) is 4.98 Å². The van der Waals surface area contributed by atoms with Crippen LogP contribution in [0.1, 0.15) is 19.7 Å². The normalized spacial score (nSPS) is 13.0. The highest BCUT2D eigenvalue weighted by Gasteiger charge is 2.19. The van der Waals surface area contributed by atoms with Gasteiger partial charge < -0.3 is 15.0 Å². The van der Waals surface area contributed by atoms with Gasteiger partial charge in [0.15, 0.2) is 0 Å². The number of aromatic nitrogens is 2. The summed E-state index contributed by atoms with van der Waals surface area (Å²) in [4.78, 5) is 15.0. The fraction of sp³-hybridized carbons (Fsp3) is 0.636. The highest BCUT2D eigenvalue weighted by molar-refractivity contribution is 5.73. The third-order valence-corrected chi connectivity index (χ3v) is 2.57. The van der Waals surface area contributed by atoms with Crippen molar-refractivity contribution in [2.24, 2.45) is 5.92 Å². The van der Waals surface area contributed by atoms with Gasteiger partial charge in [-0.15, -0.1) is 0 Å². The molecule has 16 heavy (non-hydrogen) atoms. The Morgan fingerprint density at radius 3 is 2.75 bits per heavy atom. The second-order valence-electron chi connectivity index (χ2n) is 4.18. The number of carboxylic acid groups (broad SMARTS) is 1. The first kappa shape index (κ1) is 12.7. The number of hydrogen-bond donors (Lipinski definition) is 2. The summed E-state index contributed by atoms with van der Waals surface area (Å²) in [5.41, 5.74) is 0. The number of aryl methyl sites for hydroxylation is 1. The van der Waals surface area contributed by atoms with Crippen LogP contribution in [0.3, 0.4) is 0 Å². The summed E-state index contributed by atoms with van der Waals surface area (Å²) in [6.45, 7) is 7.09. The molecule has 0 spiro atoms. The van der Waals surface area contributed by atoms with Crippen LogP contribution in [0.2, 0.25) is 0 Å². The minimum Gasteiger partial charge on any atom is -0.480 e. The van der Waals surface area contributed by atoms with Gasteiger partial charge in [0, 0.05) is 25.5 Å². The van der Waals surface area contributed by atoms with Crippen molar-refractivity contribution in [3.8, 4) is 0 Å². The maximum atomic E-state index is 10.9. The number of nitrogens with one attached hydrogen (secondary N) is 1. The van der Waals surface area contributed by atoms with E-state index in [0.29, 0.717) is 6.54 Å². The van der Waals surface area contributed by atoms with E-state index in [0.717, 1.165) is 12.4 Å². The van der Waals surface area contributed by atoms with Crippen molar-refractivity contribution in [1.82, 2.24) is 14.9 Å². The molecule has 0 fully saturated rings. The quantitative estimate of drug-likeness (QED) is 0.754. The van der Waals surface area contributed by atoms with Crippen molar-refractivity contribution in [1.29, 1.82) is 0 Å². The Morgan fingerprint density at radius 1 is 1.62 bits per heavy atom. The van der Waals surface area contributed by atoms with E-state index in [-0.39, 0.29) is 5.92 Å². The lowest BCUT2D eigenvalue weighted by Crippen LogP contribution is -2.42. The molecule has 0 aromatic carbocycles. The Bertz CT molecular complexity index is 347. The van der Waals surface area contributed by atoms with E-state index < -0.39 is 12.0 Å². The first-order chi connectivity index (χ1) is 7.52. The van der Waals surface area contributed by atoms with Crippen molar-refractivity contribution in [2.75, 3.05) is 6.54 Å². The van der Waals surface area contributed by atoms with Crippen molar-refractivity contribution in [2.45, 2.75) is 33.4 Å². The van der Waals surface area contributed by atoms with Gasteiger partial charge in [0.1, 0.15) is 11.9 Å². The van der Waals surface area contributed by atoms with E-state index in [2.05, 4.69) is 10.3 Å². The predicted molar refractivity (Wildman–Crippen MR) is 61.2 cm³/mol. The molecule has 1 heterocycles. The van der Waals surface area contributed by atoms with E-state index >= 15 is 0 Å². The molecule has 90 valence electrons. The number of hydrogen-bond acceptors (Lipinski definition) is 3. The zero-order valence-electron chi connectivity index (χ0n) is 9.97. The highest BCUT2D eigenvalue weighted by atomic mass is 16.4. The fourth-order valence-corrected chi connectivity index (χ4v) is 1.59. The minimum atomic E-state index is -0.794. The van der Waals surface area contributed by atoms with Crippen molar-refractivity contribution < 1.29 is 9.90 Å². The largest absolute Gasteiger partial charge is 0.480 e. The molecule has 1 unspecified atom stereocenters. The molecule has 0 radical (unpaired) electrons. The third kappa shape index (κ3) is 3.34. The standard InChI is InChI=1S/C11H19N3O2/c1-8(2)10(11(15)16)13-5-7-14-6-4-12-9(14)3/h4,6,8,10,13H,5,7H2,1-3H3,(H,15,16). The lowest BCUT2D eigenvalue weighted by Gasteiger charge is -2.18. The molecule has 1 atom stereocenters. The van der Waals surface area contributed by atoms with Gasteiger partial charge in [0.25, 0.3) is 0 Å². The van der Waals surface area contributed by atoms with E-state index in [1.807, 2.05) is 31.5 Å². The van der Waals surface area contributed by atoms with Gasteiger partial charge in [0.05, 0.1) is 0 Å². The van der Waals surface area contributed by atoms with Crippen LogP contribution in [0.25, 0.3) is 0 Å². The van der Waals surface area contributed by atoms with Gasteiger partial charge in [-0.3, -0.25) is 4.79 Å². The number of aliphatic carboxylic acids is 1. The molecule has 1 aromatic heterocycles. The Morgan fingerprint density at radius 2 is 2.31 bits per heavy atom. The molecule has 0 aliphatic heterocycles. The van der Waals surface area contributed by atoms with Crippen molar-refractivity contribution in [3.63, 3.8) is 0 Å². The zero-order chi connectivity index (χ0) is 12.1. The van der Waals surface area contributed by atoms with E-state index in [1.54, 1.807) is 6.20 Å². The van der Waals surface area contributed by atoms with Crippen molar-refractivity contribution in [3.05, 3.63) is 18.2 Å². The molecule has 1 aromatic rings. The average Bonchev–Trinajstić information content (AvgIpc) is 2.57. The van der Waals surface area contributed by atoms with E-state index in [4.69, 9.17) is 5.11 Å². The Balaban J connectivity index is 2.40. The minimum absolute atomic E-state index is 0.0846. The number of imidazole rings is 1. The summed E-state index contributed by atoms with van der Waals surface area (Å²) >= 11 is 0. The molecule has 0 saturated heterocycles. The van der Waals surface area contributed by atoms with Crippen LogP contribution in [0.5, 0.6) is 0 Å². The van der Waals surface area contributed by atoms with E-state index in [1.165, 1.54) is 0 Å². The summed E-state index contributed by atoms with van der Waals surface area (Å²) in [5, 5.41) is 12.0. The monoisotopic (exact) mass is 225 g/mol. The summed E-state index contributed by atoms with van der Waals surface area (Å²) in [6, 6.07) is -0.483. The second kappa shape index (κ2) is 5.65. The van der Waals surface area contributed by atoms with Gasteiger partial charge in [-0.1, -0.05) is 13.8 Å². The second-order valence-corrected chi connectivity index (χ2v) is 4.18. The molecule has 0 amide bonds. The molecule has 5 heteroatoms. The maximum Gasteiger partial charge on any atom is 0.320 e. The maximum absolute atomic E-state index is 10.9. The lowest BCUT2D eigenvalue weighted by molar-refractivity contribution is -0.140. The SMILES string of the molecule is Cc1nccn1CCNC(C(=O)O)C(C)C. The number of rotatable bonds is 6. The molecular weight excluding hydrogens is 206 g/mol. The summed E-state index contributed by atoms with van der Waals surface area (Å²) in [7, 11) is 0. The summed E-state index contributed by atoms with van der Waals surface area (Å²) in [6.07, 6.45) is 3.63. The van der Waals surface area contributed by atoms with Gasteiger partial charge in [0.2, 0.25) is 0 Å². The topological polar surface area (TPSA) is 67.2 Å². The first-order valence-electron chi connectivity index (χ1n) is 5.46. The average molecular weight is 225 g/mol. The Kier molecular flexibility index (Phi) is 4.49. The summed E-state index contributed by atoms with van der Waals surface area (Å²) in [5.74, 6) is 0.233. The molecule has 2 N–H and O–H groups in total. The van der Waals surface area contributed by atoms with Crippen LogP contribution in [-0.4, -0.2) is 33.2 Å². The van der Waals surface area contributed by atoms with Crippen LogP contribution >= 0.6 is 0 Å². The summed E-state index contributed by atoms with van der Waals surface area (Å²) < 4.78 is 1.99. The van der Waals surface area contributed by atoms with Crippen molar-refractivity contribution >= 4 is 5.97 Å². The molecule has 5 nitrogen and oxygen atoms in total. The van der Waals surface area contributed by atoms with Crippen LogP contribution < -0.4 is 5.32 Å². The zero-order valence-corrected chi connectivity index (χ0v) is 9.97. The Labute approximate surface area is 95.5 Å². The molecule has 0 aliphatic rings. The molecule has 0 bridgehead atoms. The van der Waals surface area contributed by atoms with Gasteiger partial charge in [-0.05, 0) is 12.8 Å². The van der Waals surface area contributed by atoms with Crippen LogP contribution in [0, 0.1) is 12.8 Å². The number of carbonyl (C=O) groups is 1. The first-order valence-corrected chi connectivity index (χ1v) is 5.46.